The zero-order valence-corrected chi connectivity index (χ0v) is 10.3. The van der Waals surface area contributed by atoms with E-state index in [0.717, 1.165) is 6.07 Å². The summed E-state index contributed by atoms with van der Waals surface area (Å²) in [4.78, 5) is 3.81. The molecular formula is C13H10BFN2O3. The number of nitrogens with zero attached hydrogens (tertiary/aromatic N) is 2. The Kier molecular flexibility index (Phi) is 4.30. The SMILES string of the molecule is N#Cc1cc(COc2cc(B(O)O)ccc2F)ccn1. The van der Waals surface area contributed by atoms with Crippen LogP contribution in [0.15, 0.2) is 36.5 Å². The summed E-state index contributed by atoms with van der Waals surface area (Å²) in [6.07, 6.45) is 1.46. The van der Waals surface area contributed by atoms with Crippen molar-refractivity contribution in [3.63, 3.8) is 0 Å². The van der Waals surface area contributed by atoms with E-state index in [0.29, 0.717) is 5.56 Å². The van der Waals surface area contributed by atoms with Gasteiger partial charge >= 0.3 is 7.12 Å². The number of nitriles is 1. The van der Waals surface area contributed by atoms with Gasteiger partial charge in [0.1, 0.15) is 18.4 Å². The van der Waals surface area contributed by atoms with Crippen LogP contribution in [0.25, 0.3) is 0 Å². The minimum atomic E-state index is -1.69. The van der Waals surface area contributed by atoms with Gasteiger partial charge in [-0.25, -0.2) is 9.37 Å². The van der Waals surface area contributed by atoms with E-state index in [1.165, 1.54) is 24.4 Å². The predicted octanol–water partition coefficient (Wildman–Crippen LogP) is 0.351. The summed E-state index contributed by atoms with van der Waals surface area (Å²) in [5.41, 5.74) is 1.03. The molecule has 2 aromatic rings. The first-order valence-electron chi connectivity index (χ1n) is 5.73. The Morgan fingerprint density at radius 2 is 2.10 bits per heavy atom. The third-order valence-electron chi connectivity index (χ3n) is 2.59. The lowest BCUT2D eigenvalue weighted by atomic mass is 9.80. The van der Waals surface area contributed by atoms with Gasteiger partial charge in [-0.1, -0.05) is 6.07 Å². The molecule has 2 N–H and O–H groups in total. The van der Waals surface area contributed by atoms with Crippen LogP contribution in [0, 0.1) is 17.1 Å². The van der Waals surface area contributed by atoms with Gasteiger partial charge in [-0.05, 0) is 35.3 Å². The molecule has 0 saturated carbocycles. The number of hydrogen-bond acceptors (Lipinski definition) is 5. The van der Waals surface area contributed by atoms with Crippen molar-refractivity contribution in [2.45, 2.75) is 6.61 Å². The van der Waals surface area contributed by atoms with Crippen LogP contribution in [0.3, 0.4) is 0 Å². The quantitative estimate of drug-likeness (QED) is 0.784. The number of ether oxygens (including phenoxy) is 1. The highest BCUT2D eigenvalue weighted by molar-refractivity contribution is 6.58. The molecule has 0 unspecified atom stereocenters. The molecule has 0 aliphatic carbocycles. The van der Waals surface area contributed by atoms with Crippen LogP contribution in [0.1, 0.15) is 11.3 Å². The first-order chi connectivity index (χ1) is 9.60. The molecule has 0 amide bonds. The Hall–Kier alpha value is -2.43. The average molecular weight is 272 g/mol. The van der Waals surface area contributed by atoms with Crippen LogP contribution < -0.4 is 10.2 Å². The van der Waals surface area contributed by atoms with Gasteiger partial charge in [0.2, 0.25) is 0 Å². The van der Waals surface area contributed by atoms with Crippen LogP contribution in [0.4, 0.5) is 4.39 Å². The Morgan fingerprint density at radius 1 is 1.30 bits per heavy atom. The van der Waals surface area contributed by atoms with Gasteiger partial charge in [0.15, 0.2) is 11.6 Å². The molecule has 1 aromatic carbocycles. The summed E-state index contributed by atoms with van der Waals surface area (Å²) in [7, 11) is -1.69. The zero-order valence-electron chi connectivity index (χ0n) is 10.3. The third kappa shape index (κ3) is 3.32. The van der Waals surface area contributed by atoms with E-state index in [1.807, 2.05) is 6.07 Å². The lowest BCUT2D eigenvalue weighted by Crippen LogP contribution is -2.29. The van der Waals surface area contributed by atoms with Crippen LogP contribution in [0.2, 0.25) is 0 Å². The van der Waals surface area contributed by atoms with Gasteiger partial charge in [0.25, 0.3) is 0 Å². The fraction of sp³-hybridized carbons (Fsp3) is 0.0769. The van der Waals surface area contributed by atoms with E-state index in [9.17, 15) is 4.39 Å². The van der Waals surface area contributed by atoms with Gasteiger partial charge in [-0.3, -0.25) is 0 Å². The highest BCUT2D eigenvalue weighted by atomic mass is 19.1. The van der Waals surface area contributed by atoms with E-state index in [-0.39, 0.29) is 23.5 Å². The number of benzene rings is 1. The molecule has 0 aliphatic rings. The minimum absolute atomic E-state index is 0.0408. The van der Waals surface area contributed by atoms with Crippen LogP contribution in [-0.2, 0) is 6.61 Å². The summed E-state index contributed by atoms with van der Waals surface area (Å²) in [5.74, 6) is -0.699. The third-order valence-corrected chi connectivity index (χ3v) is 2.59. The molecule has 0 fully saturated rings. The standard InChI is InChI=1S/C13H10BFN2O3/c15-12-2-1-10(14(18)19)6-13(12)20-8-9-3-4-17-11(5-9)7-16/h1-6,18-19H,8H2. The molecule has 0 atom stereocenters. The van der Waals surface area contributed by atoms with E-state index < -0.39 is 12.9 Å². The summed E-state index contributed by atoms with van der Waals surface area (Å²) in [5, 5.41) is 26.8. The predicted molar refractivity (Wildman–Crippen MR) is 69.5 cm³/mol. The maximum Gasteiger partial charge on any atom is 0.488 e. The van der Waals surface area contributed by atoms with Crippen molar-refractivity contribution in [2.75, 3.05) is 0 Å². The van der Waals surface area contributed by atoms with Crippen LogP contribution in [-0.4, -0.2) is 22.2 Å². The molecule has 0 bridgehead atoms. The normalized spacial score (nSPS) is 9.90. The number of hydrogen-bond donors (Lipinski definition) is 2. The summed E-state index contributed by atoms with van der Waals surface area (Å²) < 4.78 is 18.8. The first kappa shape index (κ1) is 14.0. The molecule has 20 heavy (non-hydrogen) atoms. The number of rotatable bonds is 4. The fourth-order valence-electron chi connectivity index (χ4n) is 1.58. The highest BCUT2D eigenvalue weighted by Gasteiger charge is 2.14. The van der Waals surface area contributed by atoms with Gasteiger partial charge in [0.05, 0.1) is 0 Å². The molecule has 1 aromatic heterocycles. The van der Waals surface area contributed by atoms with Crippen molar-refractivity contribution < 1.29 is 19.2 Å². The smallest absolute Gasteiger partial charge is 0.486 e. The van der Waals surface area contributed by atoms with Crippen LogP contribution in [0.5, 0.6) is 5.75 Å². The molecule has 7 heteroatoms. The van der Waals surface area contributed by atoms with Crippen LogP contribution >= 0.6 is 0 Å². The van der Waals surface area contributed by atoms with Gasteiger partial charge in [-0.2, -0.15) is 5.26 Å². The second-order valence-electron chi connectivity index (χ2n) is 4.01. The molecule has 1 heterocycles. The van der Waals surface area contributed by atoms with Gasteiger partial charge < -0.3 is 14.8 Å². The number of halogens is 1. The Balaban J connectivity index is 2.14. The second kappa shape index (κ2) is 6.15. The largest absolute Gasteiger partial charge is 0.488 e. The van der Waals surface area contributed by atoms with E-state index in [2.05, 4.69) is 4.98 Å². The van der Waals surface area contributed by atoms with Gasteiger partial charge in [-0.15, -0.1) is 0 Å². The van der Waals surface area contributed by atoms with Crippen molar-refractivity contribution in [2.24, 2.45) is 0 Å². The second-order valence-corrected chi connectivity index (χ2v) is 4.01. The van der Waals surface area contributed by atoms with E-state index in [1.54, 1.807) is 6.07 Å². The van der Waals surface area contributed by atoms with Crippen molar-refractivity contribution in [1.29, 1.82) is 5.26 Å². The molecule has 0 saturated heterocycles. The zero-order chi connectivity index (χ0) is 14.5. The lowest BCUT2D eigenvalue weighted by Gasteiger charge is -2.09. The highest BCUT2D eigenvalue weighted by Crippen LogP contribution is 2.16. The topological polar surface area (TPSA) is 86.4 Å². The Morgan fingerprint density at radius 3 is 2.80 bits per heavy atom. The Labute approximate surface area is 115 Å². The average Bonchev–Trinajstić information content (AvgIpc) is 2.46. The van der Waals surface area contributed by atoms with Crippen molar-refractivity contribution in [1.82, 2.24) is 4.98 Å². The monoisotopic (exact) mass is 272 g/mol. The summed E-state index contributed by atoms with van der Waals surface area (Å²) in [6, 6.07) is 8.63. The summed E-state index contributed by atoms with van der Waals surface area (Å²) >= 11 is 0. The number of aromatic nitrogens is 1. The maximum atomic E-state index is 13.5. The molecule has 100 valence electrons. The van der Waals surface area contributed by atoms with E-state index >= 15 is 0 Å². The molecule has 5 nitrogen and oxygen atoms in total. The molecule has 0 radical (unpaired) electrons. The minimum Gasteiger partial charge on any atom is -0.486 e. The number of pyridine rings is 1. The summed E-state index contributed by atoms with van der Waals surface area (Å²) in [6.45, 7) is 0.0408. The van der Waals surface area contributed by atoms with Crippen molar-refractivity contribution in [3.8, 4) is 11.8 Å². The Bertz CT molecular complexity index is 658. The van der Waals surface area contributed by atoms with Crippen molar-refractivity contribution in [3.05, 3.63) is 53.6 Å². The van der Waals surface area contributed by atoms with Gasteiger partial charge in [0, 0.05) is 6.20 Å². The van der Waals surface area contributed by atoms with E-state index in [4.69, 9.17) is 20.0 Å². The molecule has 2 rings (SSSR count). The lowest BCUT2D eigenvalue weighted by molar-refractivity contribution is 0.290. The van der Waals surface area contributed by atoms with Crippen molar-refractivity contribution >= 4 is 12.6 Å². The molecule has 0 spiro atoms. The molecule has 0 aliphatic heterocycles. The first-order valence-corrected chi connectivity index (χ1v) is 5.73. The fourth-order valence-corrected chi connectivity index (χ4v) is 1.58. The maximum absolute atomic E-state index is 13.5. The molecular weight excluding hydrogens is 262 g/mol.